The van der Waals surface area contributed by atoms with Crippen LogP contribution in [0.5, 0.6) is 0 Å². The normalized spacial score (nSPS) is 13.9. The Bertz CT molecular complexity index is 1050. The number of pyridine rings is 2. The summed E-state index contributed by atoms with van der Waals surface area (Å²) in [5.74, 6) is 0. The number of fused-ring (bicyclic) bond motifs is 2. The minimum atomic E-state index is 0.435. The van der Waals surface area contributed by atoms with Crippen molar-refractivity contribution in [3.8, 4) is 0 Å². The number of nitrogens with zero attached hydrogens (tertiary/aromatic N) is 6. The predicted octanol–water partition coefficient (Wildman–Crippen LogP) is -2.92. The van der Waals surface area contributed by atoms with E-state index in [4.69, 9.17) is 7.74 Å². The second-order valence-electron chi connectivity index (χ2n) is 5.59. The molecule has 0 atom stereocenters. The van der Waals surface area contributed by atoms with Crippen LogP contribution in [0.2, 0.25) is 0 Å². The van der Waals surface area contributed by atoms with Gasteiger partial charge >= 0.3 is 0 Å². The molecule has 0 aliphatic carbocycles. The van der Waals surface area contributed by atoms with Gasteiger partial charge in [-0.15, -0.1) is 0 Å². The Balaban J connectivity index is 1.80. The lowest BCUT2D eigenvalue weighted by molar-refractivity contribution is 0.940. The van der Waals surface area contributed by atoms with Gasteiger partial charge in [-0.25, -0.2) is 0 Å². The average Bonchev–Trinajstić information content (AvgIpc) is 3.26. The molecule has 0 N–H and O–H groups in total. The van der Waals surface area contributed by atoms with Gasteiger partial charge in [0, 0.05) is 39.2 Å². The summed E-state index contributed by atoms with van der Waals surface area (Å²) in [5, 5.41) is 3.57. The summed E-state index contributed by atoms with van der Waals surface area (Å²) in [5.41, 5.74) is 3.80. The Kier molecular flexibility index (Phi) is 4.00. The molecule has 0 unspecified atom stereocenters. The fourth-order valence-electron chi connectivity index (χ4n) is 3.06. The van der Waals surface area contributed by atoms with Crippen molar-refractivity contribution in [1.82, 2.24) is 9.97 Å². The van der Waals surface area contributed by atoms with Crippen molar-refractivity contribution in [2.45, 2.75) is 19.8 Å². The molecule has 0 saturated heterocycles. The SMILES string of the molecule is [B][B][B]c1cnc(Cc2cnc(CC)c3c2=NCN=3)c2c1=NCN=2. The van der Waals surface area contributed by atoms with Crippen LogP contribution in [-0.2, 0) is 12.8 Å². The maximum atomic E-state index is 5.49. The first-order valence-electron chi connectivity index (χ1n) is 7.92. The van der Waals surface area contributed by atoms with Crippen molar-refractivity contribution in [3.63, 3.8) is 0 Å². The molecule has 2 aliphatic rings. The molecule has 4 rings (SSSR count). The zero-order valence-corrected chi connectivity index (χ0v) is 13.4. The van der Waals surface area contributed by atoms with E-state index in [1.807, 2.05) is 6.20 Å². The summed E-state index contributed by atoms with van der Waals surface area (Å²) < 4.78 is 0. The lowest BCUT2D eigenvalue weighted by Gasteiger charge is -2.05. The van der Waals surface area contributed by atoms with E-state index in [9.17, 15) is 0 Å². The molecule has 4 radical (unpaired) electrons. The van der Waals surface area contributed by atoms with E-state index in [0.717, 1.165) is 50.3 Å². The van der Waals surface area contributed by atoms with Crippen molar-refractivity contribution < 1.29 is 0 Å². The highest BCUT2D eigenvalue weighted by Crippen LogP contribution is 1.99. The van der Waals surface area contributed by atoms with Crippen LogP contribution in [0, 0.1) is 0 Å². The van der Waals surface area contributed by atoms with Gasteiger partial charge in [0.15, 0.2) is 0 Å². The molecule has 112 valence electrons. The largest absolute Gasteiger partial charge is 0.260 e. The van der Waals surface area contributed by atoms with Gasteiger partial charge in [0.1, 0.15) is 31.2 Å². The Morgan fingerprint density at radius 1 is 0.917 bits per heavy atom. The van der Waals surface area contributed by atoms with Crippen LogP contribution in [0.25, 0.3) is 0 Å². The van der Waals surface area contributed by atoms with Crippen LogP contribution in [0.4, 0.5) is 0 Å². The van der Waals surface area contributed by atoms with Crippen LogP contribution in [-0.4, -0.2) is 45.3 Å². The summed E-state index contributed by atoms with van der Waals surface area (Å²) in [7, 11) is 8.78. The van der Waals surface area contributed by atoms with E-state index in [0.29, 0.717) is 19.8 Å². The van der Waals surface area contributed by atoms with Crippen molar-refractivity contribution in [3.05, 3.63) is 50.8 Å². The highest BCUT2D eigenvalue weighted by Gasteiger charge is 2.14. The molecule has 6 nitrogen and oxygen atoms in total. The Morgan fingerprint density at radius 2 is 1.58 bits per heavy atom. The lowest BCUT2D eigenvalue weighted by Crippen LogP contribution is -2.45. The number of hydrogen-bond acceptors (Lipinski definition) is 6. The van der Waals surface area contributed by atoms with E-state index >= 15 is 0 Å². The minimum Gasteiger partial charge on any atom is -0.260 e. The molecular weight excluding hydrogens is 297 g/mol. The highest BCUT2D eigenvalue weighted by atomic mass is 15.0. The van der Waals surface area contributed by atoms with E-state index in [2.05, 4.69) is 36.9 Å². The quantitative estimate of drug-likeness (QED) is 0.555. The lowest BCUT2D eigenvalue weighted by atomic mass is 9.26. The summed E-state index contributed by atoms with van der Waals surface area (Å²) in [6.07, 6.45) is 5.14. The summed E-state index contributed by atoms with van der Waals surface area (Å²) in [6, 6.07) is 0. The van der Waals surface area contributed by atoms with Crippen molar-refractivity contribution in [2.75, 3.05) is 13.3 Å². The molecule has 4 heterocycles. The number of hydrogen-bond donors (Lipinski definition) is 0. The number of aromatic nitrogens is 2. The van der Waals surface area contributed by atoms with Crippen LogP contribution >= 0.6 is 0 Å². The van der Waals surface area contributed by atoms with Gasteiger partial charge in [-0.1, -0.05) is 12.4 Å². The molecule has 2 aromatic heterocycles. The van der Waals surface area contributed by atoms with Gasteiger partial charge in [-0.2, -0.15) is 0 Å². The topological polar surface area (TPSA) is 75.2 Å². The molecule has 0 spiro atoms. The van der Waals surface area contributed by atoms with Crippen molar-refractivity contribution in [2.24, 2.45) is 20.0 Å². The van der Waals surface area contributed by atoms with E-state index in [1.54, 1.807) is 13.4 Å². The molecular formula is C15H13B3N6. The van der Waals surface area contributed by atoms with Gasteiger partial charge in [0.25, 0.3) is 0 Å². The van der Waals surface area contributed by atoms with Crippen LogP contribution in [0.1, 0.15) is 23.9 Å². The standard InChI is InChI=1S/C15H13B3N6/c1-2-10-14-12(21-6-23-14)8(4-19-10)3-11-15-13(22-7-24-15)9(5-20-11)17-18-16/h4-5H,2-3,6-7H2,1H3. The van der Waals surface area contributed by atoms with Crippen LogP contribution in [0.15, 0.2) is 32.4 Å². The maximum Gasteiger partial charge on any atom is 0.131 e. The Labute approximate surface area is 141 Å². The van der Waals surface area contributed by atoms with E-state index in [-0.39, 0.29) is 0 Å². The number of rotatable bonds is 5. The minimum absolute atomic E-state index is 0.435. The maximum absolute atomic E-state index is 5.49. The van der Waals surface area contributed by atoms with E-state index < -0.39 is 0 Å². The first kappa shape index (κ1) is 15.2. The summed E-state index contributed by atoms with van der Waals surface area (Å²) in [4.78, 5) is 27.0. The van der Waals surface area contributed by atoms with Crippen LogP contribution < -0.4 is 26.9 Å². The zero-order valence-electron chi connectivity index (χ0n) is 13.4. The molecule has 0 bridgehead atoms. The smallest absolute Gasteiger partial charge is 0.131 e. The van der Waals surface area contributed by atoms with Gasteiger partial charge in [-0.05, 0) is 6.42 Å². The Morgan fingerprint density at radius 3 is 2.33 bits per heavy atom. The molecule has 2 aromatic rings. The second-order valence-corrected chi connectivity index (χ2v) is 5.59. The first-order valence-corrected chi connectivity index (χ1v) is 7.92. The third-order valence-electron chi connectivity index (χ3n) is 4.19. The fraction of sp³-hybridized carbons (Fsp3) is 0.333. The van der Waals surface area contributed by atoms with Crippen molar-refractivity contribution >= 4 is 27.4 Å². The molecule has 9 heteroatoms. The van der Waals surface area contributed by atoms with Gasteiger partial charge in [-0.3, -0.25) is 29.9 Å². The van der Waals surface area contributed by atoms with Gasteiger partial charge < -0.3 is 0 Å². The molecule has 0 saturated carbocycles. The predicted molar refractivity (Wildman–Crippen MR) is 91.9 cm³/mol. The fourth-order valence-corrected chi connectivity index (χ4v) is 3.06. The van der Waals surface area contributed by atoms with Crippen molar-refractivity contribution in [1.29, 1.82) is 0 Å². The molecule has 0 amide bonds. The average molecular weight is 310 g/mol. The van der Waals surface area contributed by atoms with E-state index in [1.165, 1.54) is 7.06 Å². The third kappa shape index (κ3) is 2.48. The third-order valence-corrected chi connectivity index (χ3v) is 4.19. The summed E-state index contributed by atoms with van der Waals surface area (Å²) in [6.45, 7) is 2.99. The first-order chi connectivity index (χ1) is 11.8. The van der Waals surface area contributed by atoms with Crippen LogP contribution in [0.3, 0.4) is 0 Å². The molecule has 0 aromatic carbocycles. The number of aryl methyl sites for hydroxylation is 1. The second kappa shape index (κ2) is 6.30. The zero-order chi connectivity index (χ0) is 16.5. The molecule has 24 heavy (non-hydrogen) atoms. The van der Waals surface area contributed by atoms with Gasteiger partial charge in [0.2, 0.25) is 0 Å². The molecule has 0 fully saturated rings. The van der Waals surface area contributed by atoms with Gasteiger partial charge in [0.05, 0.1) is 22.1 Å². The Hall–Kier alpha value is -2.31. The monoisotopic (exact) mass is 310 g/mol. The molecule has 2 aliphatic heterocycles. The highest BCUT2D eigenvalue weighted by molar-refractivity contribution is 7.27. The summed E-state index contributed by atoms with van der Waals surface area (Å²) >= 11 is 0.